The van der Waals surface area contributed by atoms with Gasteiger partial charge in [-0.05, 0) is 48.9 Å². The van der Waals surface area contributed by atoms with E-state index in [4.69, 9.17) is 0 Å². The highest BCUT2D eigenvalue weighted by Crippen LogP contribution is 2.21. The van der Waals surface area contributed by atoms with Gasteiger partial charge in [0.1, 0.15) is 0 Å². The first kappa shape index (κ1) is 15.3. The smallest absolute Gasteiger partial charge is 0.254 e. The van der Waals surface area contributed by atoms with Gasteiger partial charge in [-0.15, -0.1) is 0 Å². The minimum absolute atomic E-state index is 0.195. The summed E-state index contributed by atoms with van der Waals surface area (Å²) in [6.45, 7) is 1.80. The maximum absolute atomic E-state index is 12.7. The quantitative estimate of drug-likeness (QED) is 0.790. The molecule has 1 fully saturated rings. The van der Waals surface area contributed by atoms with Gasteiger partial charge < -0.3 is 4.90 Å². The van der Waals surface area contributed by atoms with E-state index in [2.05, 4.69) is 40.2 Å². The number of aryl methyl sites for hydroxylation is 2. The molecule has 2 nitrogen and oxygen atoms in total. The molecule has 1 amide bonds. The van der Waals surface area contributed by atoms with Crippen LogP contribution in [0, 0.1) is 0 Å². The van der Waals surface area contributed by atoms with Crippen molar-refractivity contribution in [2.45, 2.75) is 25.7 Å². The molecule has 0 bridgehead atoms. The van der Waals surface area contributed by atoms with Gasteiger partial charge in [0, 0.05) is 23.1 Å². The topological polar surface area (TPSA) is 20.3 Å². The number of benzene rings is 2. The molecule has 1 aliphatic rings. The van der Waals surface area contributed by atoms with E-state index in [1.54, 1.807) is 0 Å². The Hall–Kier alpha value is -1.61. The first-order chi connectivity index (χ1) is 10.8. The minimum atomic E-state index is 0.195. The molecule has 1 heterocycles. The minimum Gasteiger partial charge on any atom is -0.339 e. The first-order valence-corrected chi connectivity index (χ1v) is 8.65. The lowest BCUT2D eigenvalue weighted by atomic mass is 9.99. The second-order valence-corrected chi connectivity index (χ2v) is 6.60. The molecule has 0 unspecified atom stereocenters. The molecule has 2 aromatic rings. The van der Waals surface area contributed by atoms with Crippen LogP contribution in [-0.2, 0) is 12.8 Å². The van der Waals surface area contributed by atoms with Gasteiger partial charge >= 0.3 is 0 Å². The summed E-state index contributed by atoms with van der Waals surface area (Å²) < 4.78 is 1.14. The van der Waals surface area contributed by atoms with Gasteiger partial charge in [-0.3, -0.25) is 4.79 Å². The molecule has 2 aromatic carbocycles. The van der Waals surface area contributed by atoms with Crippen molar-refractivity contribution in [3.63, 3.8) is 0 Å². The molecule has 0 saturated carbocycles. The van der Waals surface area contributed by atoms with E-state index in [9.17, 15) is 4.79 Å². The van der Waals surface area contributed by atoms with Crippen molar-refractivity contribution in [2.75, 3.05) is 13.1 Å². The summed E-state index contributed by atoms with van der Waals surface area (Å²) in [5.74, 6) is 0.195. The number of carbonyl (C=O) groups is 1. The van der Waals surface area contributed by atoms with Crippen molar-refractivity contribution in [3.8, 4) is 0 Å². The van der Waals surface area contributed by atoms with E-state index in [1.165, 1.54) is 5.56 Å². The van der Waals surface area contributed by atoms with Crippen LogP contribution in [0.2, 0.25) is 0 Å². The number of hydrogen-bond donors (Lipinski definition) is 0. The molecule has 1 saturated heterocycles. The zero-order valence-electron chi connectivity index (χ0n) is 12.6. The van der Waals surface area contributed by atoms with Crippen LogP contribution >= 0.6 is 15.9 Å². The standard InChI is InChI=1S/C19H20BrNO/c20-18-10-4-2-8-16(18)12-11-15-7-1-3-9-17(15)19(22)21-13-5-6-14-21/h1-4,7-10H,5-6,11-14H2. The highest BCUT2D eigenvalue weighted by molar-refractivity contribution is 9.10. The van der Waals surface area contributed by atoms with E-state index < -0.39 is 0 Å². The molecular weight excluding hydrogens is 338 g/mol. The van der Waals surface area contributed by atoms with Crippen molar-refractivity contribution in [1.29, 1.82) is 0 Å². The number of carbonyl (C=O) groups excluding carboxylic acids is 1. The Bertz CT molecular complexity index is 662. The van der Waals surface area contributed by atoms with E-state index >= 15 is 0 Å². The van der Waals surface area contributed by atoms with Gasteiger partial charge in [-0.25, -0.2) is 0 Å². The lowest BCUT2D eigenvalue weighted by molar-refractivity contribution is 0.0791. The van der Waals surface area contributed by atoms with Crippen LogP contribution in [0.1, 0.15) is 34.3 Å². The molecule has 0 aliphatic carbocycles. The van der Waals surface area contributed by atoms with E-state index in [1.807, 2.05) is 29.2 Å². The van der Waals surface area contributed by atoms with Gasteiger partial charge in [0.05, 0.1) is 0 Å². The molecule has 22 heavy (non-hydrogen) atoms. The van der Waals surface area contributed by atoms with Crippen molar-refractivity contribution in [2.24, 2.45) is 0 Å². The van der Waals surface area contributed by atoms with E-state index in [0.717, 1.165) is 54.4 Å². The molecule has 0 radical (unpaired) electrons. The largest absolute Gasteiger partial charge is 0.339 e. The Morgan fingerprint density at radius 2 is 1.50 bits per heavy atom. The Balaban J connectivity index is 1.76. The van der Waals surface area contributed by atoms with E-state index in [0.29, 0.717) is 0 Å². The van der Waals surface area contributed by atoms with Crippen molar-refractivity contribution in [1.82, 2.24) is 4.90 Å². The maximum atomic E-state index is 12.7. The molecule has 0 spiro atoms. The molecule has 1 aliphatic heterocycles. The molecule has 3 rings (SSSR count). The van der Waals surface area contributed by atoms with Gasteiger partial charge in [0.25, 0.3) is 5.91 Å². The van der Waals surface area contributed by atoms with Crippen LogP contribution < -0.4 is 0 Å². The predicted molar refractivity (Wildman–Crippen MR) is 93.1 cm³/mol. The maximum Gasteiger partial charge on any atom is 0.254 e. The van der Waals surface area contributed by atoms with Gasteiger partial charge in [-0.1, -0.05) is 52.3 Å². The number of nitrogens with zero attached hydrogens (tertiary/aromatic N) is 1. The average molecular weight is 358 g/mol. The average Bonchev–Trinajstić information content (AvgIpc) is 3.08. The number of likely N-dealkylation sites (tertiary alicyclic amines) is 1. The third-order valence-corrected chi connectivity index (χ3v) is 5.04. The van der Waals surface area contributed by atoms with Crippen molar-refractivity contribution in [3.05, 3.63) is 69.7 Å². The predicted octanol–water partition coefficient (Wildman–Crippen LogP) is 4.47. The zero-order chi connectivity index (χ0) is 15.4. The number of amides is 1. The monoisotopic (exact) mass is 357 g/mol. The van der Waals surface area contributed by atoms with Crippen LogP contribution in [0.3, 0.4) is 0 Å². The highest BCUT2D eigenvalue weighted by atomic mass is 79.9. The third kappa shape index (κ3) is 3.41. The lowest BCUT2D eigenvalue weighted by Gasteiger charge is -2.17. The van der Waals surface area contributed by atoms with Gasteiger partial charge in [-0.2, -0.15) is 0 Å². The Morgan fingerprint density at radius 1 is 0.909 bits per heavy atom. The molecule has 0 aromatic heterocycles. The van der Waals surface area contributed by atoms with Crippen molar-refractivity contribution < 1.29 is 4.79 Å². The van der Waals surface area contributed by atoms with Gasteiger partial charge in [0.2, 0.25) is 0 Å². The summed E-state index contributed by atoms with van der Waals surface area (Å²) in [6.07, 6.45) is 4.08. The van der Waals surface area contributed by atoms with Crippen molar-refractivity contribution >= 4 is 21.8 Å². The summed E-state index contributed by atoms with van der Waals surface area (Å²) in [5.41, 5.74) is 3.30. The summed E-state index contributed by atoms with van der Waals surface area (Å²) >= 11 is 3.60. The summed E-state index contributed by atoms with van der Waals surface area (Å²) in [7, 11) is 0. The zero-order valence-corrected chi connectivity index (χ0v) is 14.2. The first-order valence-electron chi connectivity index (χ1n) is 7.86. The van der Waals surface area contributed by atoms with Crippen LogP contribution in [0.15, 0.2) is 53.0 Å². The summed E-state index contributed by atoms with van der Waals surface area (Å²) in [5, 5.41) is 0. The fourth-order valence-electron chi connectivity index (χ4n) is 3.01. The summed E-state index contributed by atoms with van der Waals surface area (Å²) in [4.78, 5) is 14.6. The Labute approximate surface area is 140 Å². The molecular formula is C19H20BrNO. The Kier molecular flexibility index (Phi) is 4.94. The second kappa shape index (κ2) is 7.10. The van der Waals surface area contributed by atoms with Crippen LogP contribution in [0.5, 0.6) is 0 Å². The number of hydrogen-bond acceptors (Lipinski definition) is 1. The molecule has 0 N–H and O–H groups in total. The van der Waals surface area contributed by atoms with Gasteiger partial charge in [0.15, 0.2) is 0 Å². The number of rotatable bonds is 4. The fourth-order valence-corrected chi connectivity index (χ4v) is 3.49. The molecule has 0 atom stereocenters. The highest BCUT2D eigenvalue weighted by Gasteiger charge is 2.21. The fraction of sp³-hybridized carbons (Fsp3) is 0.316. The van der Waals surface area contributed by atoms with Crippen LogP contribution in [0.4, 0.5) is 0 Å². The molecule has 114 valence electrons. The van der Waals surface area contributed by atoms with Crippen LogP contribution in [-0.4, -0.2) is 23.9 Å². The van der Waals surface area contributed by atoms with E-state index in [-0.39, 0.29) is 5.91 Å². The summed E-state index contributed by atoms with van der Waals surface area (Å²) in [6, 6.07) is 16.3. The Morgan fingerprint density at radius 3 is 2.23 bits per heavy atom. The SMILES string of the molecule is O=C(c1ccccc1CCc1ccccc1Br)N1CCCC1. The molecule has 3 heteroatoms. The van der Waals surface area contributed by atoms with Crippen LogP contribution in [0.25, 0.3) is 0 Å². The second-order valence-electron chi connectivity index (χ2n) is 5.75. The third-order valence-electron chi connectivity index (χ3n) is 4.26. The normalized spacial score (nSPS) is 14.3. The number of halogens is 1. The lowest BCUT2D eigenvalue weighted by Crippen LogP contribution is -2.28.